The molecule has 156 valence electrons. The van der Waals surface area contributed by atoms with Gasteiger partial charge in [-0.05, 0) is 18.2 Å². The number of aromatic nitrogens is 2. The van der Waals surface area contributed by atoms with Crippen LogP contribution in [-0.2, 0) is 25.0 Å². The number of alkyl halides is 3. The molecule has 11 heteroatoms. The number of nitrogens with one attached hydrogen (secondary N) is 1. The molecule has 1 amide bonds. The summed E-state index contributed by atoms with van der Waals surface area (Å²) in [5.74, 6) is -0.866. The van der Waals surface area contributed by atoms with Crippen LogP contribution >= 0.6 is 0 Å². The van der Waals surface area contributed by atoms with Gasteiger partial charge in [-0.1, -0.05) is 0 Å². The lowest BCUT2D eigenvalue weighted by atomic mass is 10.1. The second kappa shape index (κ2) is 7.74. The van der Waals surface area contributed by atoms with Crippen molar-refractivity contribution >= 4 is 17.3 Å². The lowest BCUT2D eigenvalue weighted by molar-refractivity contribution is -0.137. The second-order valence-corrected chi connectivity index (χ2v) is 6.55. The summed E-state index contributed by atoms with van der Waals surface area (Å²) in [6, 6.07) is 4.41. The lowest BCUT2D eigenvalue weighted by Gasteiger charge is -2.31. The Kier molecular flexibility index (Phi) is 5.51. The number of halogens is 3. The molecule has 1 aromatic heterocycles. The van der Waals surface area contributed by atoms with Gasteiger partial charge in [-0.25, -0.2) is 4.79 Å². The highest BCUT2D eigenvalue weighted by Gasteiger charge is 2.35. The van der Waals surface area contributed by atoms with Crippen molar-refractivity contribution in [2.45, 2.75) is 6.18 Å². The molecule has 2 aromatic rings. The van der Waals surface area contributed by atoms with Crippen LogP contribution in [0.25, 0.3) is 0 Å². The van der Waals surface area contributed by atoms with E-state index in [4.69, 9.17) is 4.74 Å². The van der Waals surface area contributed by atoms with Crippen LogP contribution in [0.15, 0.2) is 33.9 Å². The van der Waals surface area contributed by atoms with E-state index in [0.29, 0.717) is 26.3 Å². The number of morpholine rings is 1. The van der Waals surface area contributed by atoms with Crippen molar-refractivity contribution < 1.29 is 22.7 Å². The molecule has 0 unspecified atom stereocenters. The van der Waals surface area contributed by atoms with Crippen molar-refractivity contribution in [3.05, 3.63) is 56.4 Å². The van der Waals surface area contributed by atoms with Crippen LogP contribution in [0.4, 0.5) is 24.5 Å². The van der Waals surface area contributed by atoms with Crippen molar-refractivity contribution in [1.82, 2.24) is 9.13 Å². The van der Waals surface area contributed by atoms with E-state index in [9.17, 15) is 27.6 Å². The molecule has 1 N–H and O–H groups in total. The summed E-state index contributed by atoms with van der Waals surface area (Å²) in [4.78, 5) is 37.8. The van der Waals surface area contributed by atoms with Gasteiger partial charge in [0.25, 0.3) is 11.5 Å². The Labute approximate surface area is 163 Å². The number of hydrogen-bond acceptors (Lipinski definition) is 5. The van der Waals surface area contributed by atoms with Crippen molar-refractivity contribution in [2.75, 3.05) is 36.5 Å². The van der Waals surface area contributed by atoms with Crippen molar-refractivity contribution in [3.8, 4) is 0 Å². The number of anilines is 2. The molecule has 3 rings (SSSR count). The normalized spacial score (nSPS) is 14.7. The van der Waals surface area contributed by atoms with E-state index in [1.165, 1.54) is 26.2 Å². The minimum absolute atomic E-state index is 0.000204. The average molecular weight is 412 g/mol. The third-order valence-corrected chi connectivity index (χ3v) is 4.67. The molecule has 0 atom stereocenters. The quantitative estimate of drug-likeness (QED) is 0.819. The first-order chi connectivity index (χ1) is 13.6. The second-order valence-electron chi connectivity index (χ2n) is 6.55. The summed E-state index contributed by atoms with van der Waals surface area (Å²) in [5, 5.41) is 2.33. The molecule has 29 heavy (non-hydrogen) atoms. The Morgan fingerprint density at radius 1 is 1.07 bits per heavy atom. The zero-order valence-corrected chi connectivity index (χ0v) is 15.7. The van der Waals surface area contributed by atoms with E-state index in [0.717, 1.165) is 21.3 Å². The maximum atomic E-state index is 13.6. The van der Waals surface area contributed by atoms with Crippen LogP contribution in [0, 0.1) is 0 Å². The Balaban J connectivity index is 1.95. The molecular formula is C18H19F3N4O4. The maximum absolute atomic E-state index is 13.6. The summed E-state index contributed by atoms with van der Waals surface area (Å²) in [6.07, 6.45) is -4.64. The standard InChI is InChI=1S/C18H19F3N4O4/c1-23-14(10-15(26)24(2)17(23)28)16(27)22-11-3-4-13(12(9-11)18(19,20)21)25-5-7-29-8-6-25/h3-4,9-10H,5-8H2,1-2H3,(H,22,27). The molecule has 2 heterocycles. The van der Waals surface area contributed by atoms with Gasteiger partial charge in [0.1, 0.15) is 5.69 Å². The number of amides is 1. The highest BCUT2D eigenvalue weighted by molar-refractivity contribution is 6.03. The predicted octanol–water partition coefficient (Wildman–Crippen LogP) is 1.19. The molecule has 0 radical (unpaired) electrons. The van der Waals surface area contributed by atoms with Crippen LogP contribution in [0.2, 0.25) is 0 Å². The number of hydrogen-bond donors (Lipinski definition) is 1. The van der Waals surface area contributed by atoms with Crippen molar-refractivity contribution in [3.63, 3.8) is 0 Å². The van der Waals surface area contributed by atoms with Gasteiger partial charge in [0, 0.05) is 44.6 Å². The van der Waals surface area contributed by atoms with Crippen LogP contribution in [0.3, 0.4) is 0 Å². The molecular weight excluding hydrogens is 393 g/mol. The zero-order chi connectivity index (χ0) is 21.3. The third-order valence-electron chi connectivity index (χ3n) is 4.67. The van der Waals surface area contributed by atoms with Crippen LogP contribution in [0.1, 0.15) is 16.1 Å². The molecule has 0 saturated carbocycles. The van der Waals surface area contributed by atoms with Gasteiger partial charge < -0.3 is 15.0 Å². The molecule has 1 aromatic carbocycles. The fourth-order valence-electron chi connectivity index (χ4n) is 3.07. The van der Waals surface area contributed by atoms with Gasteiger partial charge in [0.05, 0.1) is 18.8 Å². The summed E-state index contributed by atoms with van der Waals surface area (Å²) >= 11 is 0. The Hall–Kier alpha value is -3.08. The highest BCUT2D eigenvalue weighted by atomic mass is 19.4. The topological polar surface area (TPSA) is 85.6 Å². The van der Waals surface area contributed by atoms with Gasteiger partial charge in [-0.3, -0.25) is 18.7 Å². The van der Waals surface area contributed by atoms with Crippen molar-refractivity contribution in [1.29, 1.82) is 0 Å². The lowest BCUT2D eigenvalue weighted by Crippen LogP contribution is -2.40. The van der Waals surface area contributed by atoms with Crippen LogP contribution < -0.4 is 21.5 Å². The third kappa shape index (κ3) is 4.19. The van der Waals surface area contributed by atoms with Gasteiger partial charge in [-0.15, -0.1) is 0 Å². The Morgan fingerprint density at radius 2 is 1.72 bits per heavy atom. The van der Waals surface area contributed by atoms with Gasteiger partial charge in [0.2, 0.25) is 0 Å². The maximum Gasteiger partial charge on any atom is 0.418 e. The summed E-state index contributed by atoms with van der Waals surface area (Å²) in [7, 11) is 2.55. The molecule has 1 fully saturated rings. The summed E-state index contributed by atoms with van der Waals surface area (Å²) in [6.45, 7) is 1.30. The number of nitrogens with zero attached hydrogens (tertiary/aromatic N) is 3. The molecule has 1 saturated heterocycles. The average Bonchev–Trinajstić information content (AvgIpc) is 2.69. The molecule has 8 nitrogen and oxygen atoms in total. The molecule has 0 bridgehead atoms. The fourth-order valence-corrected chi connectivity index (χ4v) is 3.07. The van der Waals surface area contributed by atoms with E-state index in [2.05, 4.69) is 5.32 Å². The Morgan fingerprint density at radius 3 is 2.34 bits per heavy atom. The molecule has 0 aliphatic carbocycles. The highest BCUT2D eigenvalue weighted by Crippen LogP contribution is 2.38. The smallest absolute Gasteiger partial charge is 0.378 e. The van der Waals surface area contributed by atoms with Crippen molar-refractivity contribution in [2.24, 2.45) is 14.1 Å². The van der Waals surface area contributed by atoms with E-state index >= 15 is 0 Å². The minimum Gasteiger partial charge on any atom is -0.378 e. The van der Waals surface area contributed by atoms with Crippen LogP contribution in [-0.4, -0.2) is 41.3 Å². The van der Waals surface area contributed by atoms with Gasteiger partial charge in [-0.2, -0.15) is 13.2 Å². The van der Waals surface area contributed by atoms with E-state index in [-0.39, 0.29) is 17.1 Å². The number of carbonyl (C=O) groups excluding carboxylic acids is 1. The van der Waals surface area contributed by atoms with Gasteiger partial charge >= 0.3 is 11.9 Å². The van der Waals surface area contributed by atoms with E-state index in [1.807, 2.05) is 0 Å². The summed E-state index contributed by atoms with van der Waals surface area (Å²) in [5.41, 5.74) is -2.68. The minimum atomic E-state index is -4.64. The van der Waals surface area contributed by atoms with E-state index < -0.39 is 28.9 Å². The number of carbonyl (C=O) groups is 1. The molecule has 0 spiro atoms. The first-order valence-electron chi connectivity index (χ1n) is 8.72. The predicted molar refractivity (Wildman–Crippen MR) is 99.4 cm³/mol. The SMILES string of the molecule is Cn1c(C(=O)Nc2ccc(N3CCOCC3)c(C(F)(F)F)c2)cc(=O)n(C)c1=O. The first-order valence-corrected chi connectivity index (χ1v) is 8.72. The van der Waals surface area contributed by atoms with E-state index in [1.54, 1.807) is 4.90 Å². The fraction of sp³-hybridized carbons (Fsp3) is 0.389. The molecule has 1 aliphatic heterocycles. The number of benzene rings is 1. The number of rotatable bonds is 3. The van der Waals surface area contributed by atoms with Gasteiger partial charge in [0.15, 0.2) is 0 Å². The number of ether oxygens (including phenoxy) is 1. The molecule has 1 aliphatic rings. The zero-order valence-electron chi connectivity index (χ0n) is 15.7. The summed E-state index contributed by atoms with van der Waals surface area (Å²) < 4.78 is 47.7. The largest absolute Gasteiger partial charge is 0.418 e. The Bertz CT molecular complexity index is 1050. The first kappa shape index (κ1) is 20.6. The monoisotopic (exact) mass is 412 g/mol. The van der Waals surface area contributed by atoms with Crippen LogP contribution in [0.5, 0.6) is 0 Å².